The smallest absolute Gasteiger partial charge is 0.348 e. The Bertz CT molecular complexity index is 502. The van der Waals surface area contributed by atoms with E-state index in [9.17, 15) is 9.59 Å². The number of carbonyl (C=O) groups excluding carboxylic acids is 2. The third-order valence-electron chi connectivity index (χ3n) is 4.19. The van der Waals surface area contributed by atoms with E-state index in [4.69, 9.17) is 9.47 Å². The fraction of sp³-hybridized carbons (Fsp3) is 0.600. The van der Waals surface area contributed by atoms with E-state index in [1.165, 1.54) is 5.57 Å². The van der Waals surface area contributed by atoms with E-state index in [2.05, 4.69) is 13.0 Å². The van der Waals surface area contributed by atoms with E-state index in [0.717, 1.165) is 24.8 Å². The number of hydrogen-bond acceptors (Lipinski definition) is 4. The molecule has 0 aromatic rings. The van der Waals surface area contributed by atoms with Gasteiger partial charge in [0.25, 0.3) is 5.79 Å². The van der Waals surface area contributed by atoms with E-state index in [0.29, 0.717) is 5.92 Å². The standard InChI is InChI=1S/C15H18O4/c1-4-8-5-9-7-11(10(9)6-8)12-13(16)18-15(2,3)19-14(12)17/h6,9-10H,4-5,7H2,1-3H3/t9-,10-/m1/s1. The van der Waals surface area contributed by atoms with Crippen molar-refractivity contribution in [2.45, 2.75) is 45.8 Å². The normalized spacial score (nSPS) is 32.3. The quantitative estimate of drug-likeness (QED) is 0.315. The molecule has 1 saturated heterocycles. The highest BCUT2D eigenvalue weighted by Crippen LogP contribution is 2.52. The second-order valence-corrected chi connectivity index (χ2v) is 5.95. The number of cyclic esters (lactones) is 2. The summed E-state index contributed by atoms with van der Waals surface area (Å²) < 4.78 is 10.3. The molecule has 0 aromatic carbocycles. The van der Waals surface area contributed by atoms with Crippen LogP contribution in [0.15, 0.2) is 22.8 Å². The summed E-state index contributed by atoms with van der Waals surface area (Å²) in [7, 11) is 0. The first kappa shape index (κ1) is 12.5. The maximum Gasteiger partial charge on any atom is 0.348 e. The Labute approximate surface area is 112 Å². The van der Waals surface area contributed by atoms with Crippen molar-refractivity contribution in [2.75, 3.05) is 0 Å². The van der Waals surface area contributed by atoms with Crippen molar-refractivity contribution in [1.82, 2.24) is 0 Å². The lowest BCUT2D eigenvalue weighted by Crippen LogP contribution is -2.44. The van der Waals surface area contributed by atoms with Crippen molar-refractivity contribution in [1.29, 1.82) is 0 Å². The van der Waals surface area contributed by atoms with Gasteiger partial charge in [-0.25, -0.2) is 9.59 Å². The molecule has 2 fully saturated rings. The van der Waals surface area contributed by atoms with Crippen molar-refractivity contribution in [3.8, 4) is 0 Å². The number of fused-ring (bicyclic) bond motifs is 1. The van der Waals surface area contributed by atoms with Gasteiger partial charge in [-0.1, -0.05) is 18.6 Å². The van der Waals surface area contributed by atoms with E-state index in [1.54, 1.807) is 13.8 Å². The predicted molar refractivity (Wildman–Crippen MR) is 67.9 cm³/mol. The molecule has 1 aliphatic heterocycles. The molecule has 3 rings (SSSR count). The molecule has 4 nitrogen and oxygen atoms in total. The lowest BCUT2D eigenvalue weighted by atomic mass is 9.69. The summed E-state index contributed by atoms with van der Waals surface area (Å²) in [5.74, 6) is -1.41. The molecule has 0 aromatic heterocycles. The summed E-state index contributed by atoms with van der Waals surface area (Å²) in [6, 6.07) is 0. The first-order valence-electron chi connectivity index (χ1n) is 6.80. The van der Waals surface area contributed by atoms with Crippen LogP contribution in [0.4, 0.5) is 0 Å². The molecule has 0 spiro atoms. The maximum atomic E-state index is 12.0. The van der Waals surface area contributed by atoms with Gasteiger partial charge in [-0.3, -0.25) is 0 Å². The molecule has 2 atom stereocenters. The van der Waals surface area contributed by atoms with Crippen molar-refractivity contribution in [2.24, 2.45) is 11.8 Å². The van der Waals surface area contributed by atoms with Crippen LogP contribution < -0.4 is 0 Å². The summed E-state index contributed by atoms with van der Waals surface area (Å²) in [4.78, 5) is 24.0. The lowest BCUT2D eigenvalue weighted by Gasteiger charge is -2.38. The highest BCUT2D eigenvalue weighted by atomic mass is 16.7. The Kier molecular flexibility index (Phi) is 2.59. The molecule has 1 heterocycles. The van der Waals surface area contributed by atoms with Gasteiger partial charge in [-0.2, -0.15) is 0 Å². The number of hydrogen-bond donors (Lipinski definition) is 0. The third kappa shape index (κ3) is 1.90. The summed E-state index contributed by atoms with van der Waals surface area (Å²) in [6.45, 7) is 5.27. The molecule has 1 saturated carbocycles. The Morgan fingerprint density at radius 1 is 1.21 bits per heavy atom. The largest absolute Gasteiger partial charge is 0.419 e. The Morgan fingerprint density at radius 2 is 1.84 bits per heavy atom. The fourth-order valence-electron chi connectivity index (χ4n) is 3.21. The van der Waals surface area contributed by atoms with Gasteiger partial charge in [-0.15, -0.1) is 0 Å². The van der Waals surface area contributed by atoms with Gasteiger partial charge in [0.15, 0.2) is 0 Å². The molecule has 2 aliphatic carbocycles. The van der Waals surface area contributed by atoms with E-state index < -0.39 is 17.7 Å². The molecule has 0 radical (unpaired) electrons. The van der Waals surface area contributed by atoms with Gasteiger partial charge in [0.2, 0.25) is 0 Å². The monoisotopic (exact) mass is 262 g/mol. The zero-order valence-corrected chi connectivity index (χ0v) is 11.5. The minimum atomic E-state index is -1.15. The SMILES string of the molecule is CCC1=C[C@H]2C(=C3C(=O)OC(C)(C)OC3=O)C[C@H]2C1. The van der Waals surface area contributed by atoms with Crippen LogP contribution in [0.3, 0.4) is 0 Å². The van der Waals surface area contributed by atoms with Crippen LogP contribution in [-0.2, 0) is 19.1 Å². The summed E-state index contributed by atoms with van der Waals surface area (Å²) in [6.07, 6.45) is 5.15. The number of allylic oxidation sites excluding steroid dienone is 3. The van der Waals surface area contributed by atoms with E-state index >= 15 is 0 Å². The fourth-order valence-corrected chi connectivity index (χ4v) is 3.21. The molecular weight excluding hydrogens is 244 g/mol. The first-order chi connectivity index (χ1) is 8.91. The van der Waals surface area contributed by atoms with Crippen molar-refractivity contribution in [3.05, 3.63) is 22.8 Å². The van der Waals surface area contributed by atoms with Crippen LogP contribution in [0.5, 0.6) is 0 Å². The number of carbonyl (C=O) groups is 2. The molecule has 3 aliphatic rings. The van der Waals surface area contributed by atoms with Gasteiger partial charge < -0.3 is 9.47 Å². The highest BCUT2D eigenvalue weighted by Gasteiger charge is 2.47. The third-order valence-corrected chi connectivity index (χ3v) is 4.19. The lowest BCUT2D eigenvalue weighted by molar-refractivity contribution is -0.222. The topological polar surface area (TPSA) is 52.6 Å². The minimum absolute atomic E-state index is 0.133. The van der Waals surface area contributed by atoms with Gasteiger partial charge in [-0.05, 0) is 30.8 Å². The Hall–Kier alpha value is -1.58. The van der Waals surface area contributed by atoms with E-state index in [1.807, 2.05) is 0 Å². The average Bonchev–Trinajstić information content (AvgIpc) is 2.59. The second-order valence-electron chi connectivity index (χ2n) is 5.95. The Morgan fingerprint density at radius 3 is 2.42 bits per heavy atom. The molecule has 0 bridgehead atoms. The van der Waals surface area contributed by atoms with Crippen LogP contribution in [0.25, 0.3) is 0 Å². The van der Waals surface area contributed by atoms with Gasteiger partial charge >= 0.3 is 11.9 Å². The number of ether oxygens (including phenoxy) is 2. The highest BCUT2D eigenvalue weighted by molar-refractivity contribution is 6.16. The van der Waals surface area contributed by atoms with Crippen molar-refractivity contribution >= 4 is 11.9 Å². The second kappa shape index (κ2) is 3.95. The van der Waals surface area contributed by atoms with Crippen molar-refractivity contribution in [3.63, 3.8) is 0 Å². The molecule has 0 amide bonds. The van der Waals surface area contributed by atoms with E-state index in [-0.39, 0.29) is 11.5 Å². The average molecular weight is 262 g/mol. The van der Waals surface area contributed by atoms with Crippen LogP contribution in [-0.4, -0.2) is 17.7 Å². The summed E-state index contributed by atoms with van der Waals surface area (Å²) in [5.41, 5.74) is 2.46. The molecular formula is C15H18O4. The van der Waals surface area contributed by atoms with Crippen LogP contribution >= 0.6 is 0 Å². The number of rotatable bonds is 1. The molecule has 0 N–H and O–H groups in total. The molecule has 102 valence electrons. The first-order valence-corrected chi connectivity index (χ1v) is 6.80. The van der Waals surface area contributed by atoms with Crippen LogP contribution in [0.2, 0.25) is 0 Å². The Balaban J connectivity index is 1.91. The van der Waals surface area contributed by atoms with Gasteiger partial charge in [0, 0.05) is 19.8 Å². The zero-order chi connectivity index (χ0) is 13.8. The van der Waals surface area contributed by atoms with Crippen LogP contribution in [0.1, 0.15) is 40.0 Å². The molecule has 19 heavy (non-hydrogen) atoms. The summed E-state index contributed by atoms with van der Waals surface area (Å²) in [5, 5.41) is 0. The zero-order valence-electron chi connectivity index (χ0n) is 11.5. The van der Waals surface area contributed by atoms with Crippen LogP contribution in [0, 0.1) is 11.8 Å². The van der Waals surface area contributed by atoms with Gasteiger partial charge in [0.05, 0.1) is 0 Å². The van der Waals surface area contributed by atoms with Crippen molar-refractivity contribution < 1.29 is 19.1 Å². The predicted octanol–water partition coefficient (Wildman–Crippen LogP) is 2.50. The number of esters is 2. The van der Waals surface area contributed by atoms with Gasteiger partial charge in [0.1, 0.15) is 5.57 Å². The molecule has 4 heteroatoms. The molecule has 0 unspecified atom stereocenters. The minimum Gasteiger partial charge on any atom is -0.419 e. The maximum absolute atomic E-state index is 12.0. The summed E-state index contributed by atoms with van der Waals surface area (Å²) >= 11 is 0.